The van der Waals surface area contributed by atoms with Crippen LogP contribution in [0.1, 0.15) is 17.7 Å². The molecule has 0 atom stereocenters. The molecule has 6 nitrogen and oxygen atoms in total. The van der Waals surface area contributed by atoms with E-state index in [4.69, 9.17) is 5.26 Å². The molecule has 4 aromatic rings. The van der Waals surface area contributed by atoms with E-state index in [0.717, 1.165) is 18.5 Å². The summed E-state index contributed by atoms with van der Waals surface area (Å²) in [5.74, 6) is 0.0337. The number of fused-ring (bicyclic) bond motifs is 3. The van der Waals surface area contributed by atoms with Gasteiger partial charge in [0.15, 0.2) is 0 Å². The molecule has 3 heterocycles. The molecule has 0 spiro atoms. The molecule has 30 heavy (non-hydrogen) atoms. The molecule has 2 aromatic heterocycles. The van der Waals surface area contributed by atoms with Crippen molar-refractivity contribution >= 4 is 16.6 Å². The average molecular weight is 398 g/mol. The lowest BCUT2D eigenvalue weighted by Crippen LogP contribution is -2.31. The number of hydrogen-bond acceptors (Lipinski definition) is 4. The summed E-state index contributed by atoms with van der Waals surface area (Å²) in [6, 6.07) is 21.5. The van der Waals surface area contributed by atoms with Gasteiger partial charge in [0.05, 0.1) is 24.7 Å². The Morgan fingerprint density at radius 3 is 2.57 bits per heavy atom. The smallest absolute Gasteiger partial charge is 0.223 e. The average Bonchev–Trinajstić information content (AvgIpc) is 3.26. The Hall–Kier alpha value is -3.85. The normalized spacial score (nSPS) is 13.4. The topological polar surface area (TPSA) is 77.3 Å². The van der Waals surface area contributed by atoms with Gasteiger partial charge in [0, 0.05) is 35.8 Å². The molecular formula is C24H22N4O2. The summed E-state index contributed by atoms with van der Waals surface area (Å²) in [5, 5.41) is 31.8. The van der Waals surface area contributed by atoms with Crippen LogP contribution in [0.25, 0.3) is 16.6 Å². The van der Waals surface area contributed by atoms with Crippen LogP contribution in [-0.4, -0.2) is 25.9 Å². The summed E-state index contributed by atoms with van der Waals surface area (Å²) in [4.78, 5) is 2.10. The molecule has 5 rings (SSSR count). The van der Waals surface area contributed by atoms with Gasteiger partial charge in [-0.25, -0.2) is 4.57 Å². The monoisotopic (exact) mass is 398 g/mol. The Bertz CT molecular complexity index is 1260. The minimum atomic E-state index is 0.00419. The van der Waals surface area contributed by atoms with Crippen molar-refractivity contribution in [3.8, 4) is 23.5 Å². The van der Waals surface area contributed by atoms with Crippen LogP contribution < -0.4 is 4.90 Å². The molecule has 1 aliphatic rings. The number of rotatable bonds is 4. The van der Waals surface area contributed by atoms with Gasteiger partial charge in [0.2, 0.25) is 11.8 Å². The second-order valence-corrected chi connectivity index (χ2v) is 7.56. The number of hydrogen-bond donors (Lipinski definition) is 2. The fourth-order valence-electron chi connectivity index (χ4n) is 4.56. The van der Waals surface area contributed by atoms with E-state index in [1.54, 1.807) is 6.07 Å². The number of benzene rings is 2. The molecule has 0 aliphatic carbocycles. The third-order valence-corrected chi connectivity index (χ3v) is 5.90. The zero-order chi connectivity index (χ0) is 20.7. The molecule has 0 saturated heterocycles. The first-order valence-corrected chi connectivity index (χ1v) is 10.1. The highest BCUT2D eigenvalue weighted by atomic mass is 16.3. The summed E-state index contributed by atoms with van der Waals surface area (Å²) < 4.78 is 3.68. The van der Waals surface area contributed by atoms with Crippen LogP contribution in [0.4, 0.5) is 5.69 Å². The lowest BCUT2D eigenvalue weighted by molar-refractivity contribution is 0.402. The van der Waals surface area contributed by atoms with Crippen LogP contribution in [0.2, 0.25) is 0 Å². The predicted molar refractivity (Wildman–Crippen MR) is 116 cm³/mol. The Labute approximate surface area is 174 Å². The second-order valence-electron chi connectivity index (χ2n) is 7.56. The third kappa shape index (κ3) is 2.79. The van der Waals surface area contributed by atoms with Crippen LogP contribution in [0.3, 0.4) is 0 Å². The standard InChI is InChI=1S/C24H22N4O2/c25-12-6-13-27-20-10-5-4-9-18(20)19-11-14-26(16-22(19)27)21-15-23(29)28(24(21)30)17-7-2-1-3-8-17/h1-5,7-10,15,29-30H,6,11,13-14,16H2. The van der Waals surface area contributed by atoms with Crippen molar-refractivity contribution in [1.29, 1.82) is 5.26 Å². The van der Waals surface area contributed by atoms with Gasteiger partial charge < -0.3 is 19.7 Å². The van der Waals surface area contributed by atoms with E-state index in [1.165, 1.54) is 21.2 Å². The van der Waals surface area contributed by atoms with Crippen LogP contribution in [0.15, 0.2) is 60.7 Å². The molecular weight excluding hydrogens is 376 g/mol. The van der Waals surface area contributed by atoms with Gasteiger partial charge in [-0.2, -0.15) is 5.26 Å². The van der Waals surface area contributed by atoms with Crippen molar-refractivity contribution in [3.63, 3.8) is 0 Å². The van der Waals surface area contributed by atoms with E-state index in [-0.39, 0.29) is 11.8 Å². The van der Waals surface area contributed by atoms with Crippen LogP contribution in [0, 0.1) is 11.3 Å². The van der Waals surface area contributed by atoms with E-state index >= 15 is 0 Å². The maximum absolute atomic E-state index is 10.9. The first-order valence-electron chi connectivity index (χ1n) is 10.1. The Balaban J connectivity index is 1.56. The highest BCUT2D eigenvalue weighted by molar-refractivity contribution is 5.86. The lowest BCUT2D eigenvalue weighted by Gasteiger charge is -2.29. The summed E-state index contributed by atoms with van der Waals surface area (Å²) in [5.41, 5.74) is 4.95. The molecule has 0 amide bonds. The number of aryl methyl sites for hydroxylation is 1. The van der Waals surface area contributed by atoms with Gasteiger partial charge in [-0.1, -0.05) is 36.4 Å². The highest BCUT2D eigenvalue weighted by Crippen LogP contribution is 2.41. The Morgan fingerprint density at radius 2 is 1.77 bits per heavy atom. The molecule has 2 N–H and O–H groups in total. The molecule has 150 valence electrons. The van der Waals surface area contributed by atoms with Crippen molar-refractivity contribution in [3.05, 3.63) is 71.9 Å². The number of anilines is 1. The summed E-state index contributed by atoms with van der Waals surface area (Å²) in [6.07, 6.45) is 1.29. The third-order valence-electron chi connectivity index (χ3n) is 5.90. The first-order chi connectivity index (χ1) is 14.7. The molecule has 2 aromatic carbocycles. The fraction of sp³-hybridized carbons (Fsp3) is 0.208. The molecule has 0 bridgehead atoms. The van der Waals surface area contributed by atoms with Crippen molar-refractivity contribution in [1.82, 2.24) is 9.13 Å². The lowest BCUT2D eigenvalue weighted by atomic mass is 10.0. The van der Waals surface area contributed by atoms with E-state index < -0.39 is 0 Å². The van der Waals surface area contributed by atoms with Gasteiger partial charge in [0.1, 0.15) is 5.69 Å². The number of para-hydroxylation sites is 2. The van der Waals surface area contributed by atoms with Gasteiger partial charge in [-0.15, -0.1) is 0 Å². The van der Waals surface area contributed by atoms with Gasteiger partial charge in [-0.3, -0.25) is 0 Å². The van der Waals surface area contributed by atoms with E-state index in [0.29, 0.717) is 30.9 Å². The van der Waals surface area contributed by atoms with Gasteiger partial charge in [0.25, 0.3) is 0 Å². The van der Waals surface area contributed by atoms with E-state index in [9.17, 15) is 10.2 Å². The maximum atomic E-state index is 10.9. The predicted octanol–water partition coefficient (Wildman–Crippen LogP) is 4.32. The zero-order valence-electron chi connectivity index (χ0n) is 16.5. The number of nitriles is 1. The summed E-state index contributed by atoms with van der Waals surface area (Å²) in [6.45, 7) is 1.99. The molecule has 0 saturated carbocycles. The van der Waals surface area contributed by atoms with Crippen molar-refractivity contribution < 1.29 is 10.2 Å². The first kappa shape index (κ1) is 18.2. The molecule has 0 unspecified atom stereocenters. The van der Waals surface area contributed by atoms with E-state index in [1.807, 2.05) is 42.5 Å². The minimum absolute atomic E-state index is 0.00419. The maximum Gasteiger partial charge on any atom is 0.223 e. The van der Waals surface area contributed by atoms with Crippen LogP contribution in [-0.2, 0) is 19.5 Å². The fourth-order valence-corrected chi connectivity index (χ4v) is 4.56. The second kappa shape index (κ2) is 7.20. The van der Waals surface area contributed by atoms with E-state index in [2.05, 4.69) is 27.7 Å². The SMILES string of the molecule is N#CCCn1c2c(c3ccccc31)CCN(c1cc(O)n(-c3ccccc3)c1O)C2. The quantitative estimate of drug-likeness (QED) is 0.537. The Kier molecular flexibility index (Phi) is 4.36. The van der Waals surface area contributed by atoms with Crippen LogP contribution in [0.5, 0.6) is 11.8 Å². The molecule has 1 aliphatic heterocycles. The van der Waals surface area contributed by atoms with Crippen molar-refractivity contribution in [2.45, 2.75) is 25.9 Å². The minimum Gasteiger partial charge on any atom is -0.494 e. The summed E-state index contributed by atoms with van der Waals surface area (Å²) in [7, 11) is 0. The Morgan fingerprint density at radius 1 is 1.00 bits per heavy atom. The van der Waals surface area contributed by atoms with Gasteiger partial charge >= 0.3 is 0 Å². The number of nitrogens with zero attached hydrogens (tertiary/aromatic N) is 4. The molecule has 0 fully saturated rings. The van der Waals surface area contributed by atoms with Crippen LogP contribution >= 0.6 is 0 Å². The van der Waals surface area contributed by atoms with Crippen molar-refractivity contribution in [2.24, 2.45) is 0 Å². The number of aromatic hydroxyl groups is 2. The highest BCUT2D eigenvalue weighted by Gasteiger charge is 2.27. The molecule has 0 radical (unpaired) electrons. The summed E-state index contributed by atoms with van der Waals surface area (Å²) >= 11 is 0. The zero-order valence-corrected chi connectivity index (χ0v) is 16.5. The van der Waals surface area contributed by atoms with Gasteiger partial charge in [-0.05, 0) is 30.2 Å². The number of aromatic nitrogens is 2. The largest absolute Gasteiger partial charge is 0.494 e. The van der Waals surface area contributed by atoms with Crippen molar-refractivity contribution in [2.75, 3.05) is 11.4 Å². The molecule has 6 heteroatoms.